The van der Waals surface area contributed by atoms with E-state index in [1.807, 2.05) is 97.9 Å². The molecule has 1 N–H and O–H groups in total. The predicted molar refractivity (Wildman–Crippen MR) is 171 cm³/mol. The first kappa shape index (κ1) is 28.8. The first-order chi connectivity index (χ1) is 20.9. The van der Waals surface area contributed by atoms with E-state index in [2.05, 4.69) is 5.32 Å². The zero-order chi connectivity index (χ0) is 29.9. The Morgan fingerprint density at radius 3 is 2.53 bits per heavy atom. The first-order valence-electron chi connectivity index (χ1n) is 13.5. The van der Waals surface area contributed by atoms with Gasteiger partial charge in [-0.05, 0) is 80.1 Å². The molecule has 2 aromatic heterocycles. The molecule has 0 radical (unpaired) electrons. The van der Waals surface area contributed by atoms with Crippen molar-refractivity contribution in [2.24, 2.45) is 4.99 Å². The molecule has 216 valence electrons. The zero-order valence-corrected chi connectivity index (χ0v) is 25.6. The van der Waals surface area contributed by atoms with E-state index in [-0.39, 0.29) is 11.5 Å². The van der Waals surface area contributed by atoms with Crippen LogP contribution in [0, 0.1) is 0 Å². The van der Waals surface area contributed by atoms with E-state index >= 15 is 0 Å². The maximum absolute atomic E-state index is 14.0. The predicted octanol–water partition coefficient (Wildman–Crippen LogP) is 6.67. The number of nitrogens with one attached hydrogen (secondary N) is 1. The van der Waals surface area contributed by atoms with Crippen LogP contribution in [-0.4, -0.2) is 17.1 Å². The number of furan rings is 1. The summed E-state index contributed by atoms with van der Waals surface area (Å²) >= 11 is 8.72. The van der Waals surface area contributed by atoms with Crippen molar-refractivity contribution in [1.29, 1.82) is 0 Å². The second-order valence-corrected chi connectivity index (χ2v) is 12.1. The Kier molecular flexibility index (Phi) is 8.38. The van der Waals surface area contributed by atoms with Crippen LogP contribution in [0.4, 0.5) is 5.69 Å². The van der Waals surface area contributed by atoms with Gasteiger partial charge in [0.1, 0.15) is 11.5 Å². The molecule has 0 aliphatic carbocycles. The van der Waals surface area contributed by atoms with Gasteiger partial charge in [-0.2, -0.15) is 0 Å². The molecule has 3 aromatic carbocycles. The molecule has 7 nitrogen and oxygen atoms in total. The van der Waals surface area contributed by atoms with E-state index in [0.29, 0.717) is 54.5 Å². The van der Waals surface area contributed by atoms with E-state index in [4.69, 9.17) is 25.7 Å². The lowest BCUT2D eigenvalue weighted by molar-refractivity contribution is -0.113. The average Bonchev–Trinajstić information content (AvgIpc) is 3.57. The normalized spacial score (nSPS) is 14.8. The molecule has 43 heavy (non-hydrogen) atoms. The Labute approximate surface area is 260 Å². The van der Waals surface area contributed by atoms with Gasteiger partial charge in [0.25, 0.3) is 11.5 Å². The van der Waals surface area contributed by atoms with Crippen molar-refractivity contribution in [2.75, 3.05) is 11.9 Å². The summed E-state index contributed by atoms with van der Waals surface area (Å²) in [5, 5.41) is 4.32. The molecular weight excluding hydrogens is 602 g/mol. The Morgan fingerprint density at radius 2 is 1.81 bits per heavy atom. The van der Waals surface area contributed by atoms with Crippen molar-refractivity contribution in [3.8, 4) is 5.75 Å². The summed E-state index contributed by atoms with van der Waals surface area (Å²) in [5.74, 6) is 0.923. The number of rotatable bonds is 8. The Balaban J connectivity index is 1.40. The molecule has 0 fully saturated rings. The second-order valence-electron chi connectivity index (χ2n) is 9.62. The third-order valence-electron chi connectivity index (χ3n) is 6.71. The van der Waals surface area contributed by atoms with Gasteiger partial charge in [-0.25, -0.2) is 4.99 Å². The van der Waals surface area contributed by atoms with E-state index in [9.17, 15) is 9.59 Å². The van der Waals surface area contributed by atoms with E-state index < -0.39 is 6.04 Å². The summed E-state index contributed by atoms with van der Waals surface area (Å²) in [5.41, 5.74) is 2.10. The van der Waals surface area contributed by atoms with Crippen LogP contribution < -0.4 is 24.9 Å². The number of thiazole rings is 1. The number of hydrogen-bond acceptors (Lipinski definition) is 7. The number of hydrogen-bond donors (Lipinski definition) is 1. The monoisotopic (exact) mass is 627 g/mol. The molecule has 6 rings (SSSR count). The largest absolute Gasteiger partial charge is 0.494 e. The van der Waals surface area contributed by atoms with Crippen LogP contribution in [-0.2, 0) is 4.79 Å². The molecule has 0 spiro atoms. The lowest BCUT2D eigenvalue weighted by Crippen LogP contribution is -2.40. The topological polar surface area (TPSA) is 85.8 Å². The Morgan fingerprint density at radius 1 is 1.07 bits per heavy atom. The highest BCUT2D eigenvalue weighted by Crippen LogP contribution is 2.32. The third kappa shape index (κ3) is 6.24. The maximum atomic E-state index is 14.0. The number of halogens is 1. The summed E-state index contributed by atoms with van der Waals surface area (Å²) < 4.78 is 13.7. The maximum Gasteiger partial charge on any atom is 0.271 e. The van der Waals surface area contributed by atoms with Crippen molar-refractivity contribution in [3.05, 3.63) is 138 Å². The highest BCUT2D eigenvalue weighted by Gasteiger charge is 2.32. The number of ether oxygens (including phenoxy) is 1. The minimum Gasteiger partial charge on any atom is -0.494 e. The summed E-state index contributed by atoms with van der Waals surface area (Å²) in [4.78, 5) is 33.9. The van der Waals surface area contributed by atoms with Crippen LogP contribution in [0.25, 0.3) is 6.08 Å². The fourth-order valence-corrected chi connectivity index (χ4v) is 6.71. The van der Waals surface area contributed by atoms with Crippen molar-refractivity contribution in [3.63, 3.8) is 0 Å². The van der Waals surface area contributed by atoms with Crippen LogP contribution in [0.1, 0.15) is 31.2 Å². The fraction of sp³-hybridized carbons (Fsp3) is 0.121. The number of amides is 1. The minimum atomic E-state index is -0.689. The fourth-order valence-electron chi connectivity index (χ4n) is 4.77. The number of allylic oxidation sites excluding steroid dienone is 1. The van der Waals surface area contributed by atoms with Gasteiger partial charge in [0, 0.05) is 21.7 Å². The Hall–Kier alpha value is -4.31. The number of anilines is 1. The van der Waals surface area contributed by atoms with Crippen molar-refractivity contribution < 1.29 is 13.9 Å². The van der Waals surface area contributed by atoms with Gasteiger partial charge in [0.15, 0.2) is 9.89 Å². The van der Waals surface area contributed by atoms with Crippen LogP contribution in [0.5, 0.6) is 5.75 Å². The van der Waals surface area contributed by atoms with Gasteiger partial charge in [0.05, 0.1) is 28.5 Å². The van der Waals surface area contributed by atoms with Gasteiger partial charge < -0.3 is 14.5 Å². The smallest absolute Gasteiger partial charge is 0.271 e. The number of nitrogens with zero attached hydrogens (tertiary/aromatic N) is 2. The molecule has 0 unspecified atom stereocenters. The van der Waals surface area contributed by atoms with Crippen LogP contribution in [0.15, 0.2) is 126 Å². The van der Waals surface area contributed by atoms with Crippen LogP contribution in [0.3, 0.4) is 0 Å². The van der Waals surface area contributed by atoms with Gasteiger partial charge in [0.2, 0.25) is 0 Å². The van der Waals surface area contributed by atoms with Crippen molar-refractivity contribution in [1.82, 2.24) is 4.57 Å². The average molecular weight is 628 g/mol. The zero-order valence-electron chi connectivity index (χ0n) is 23.2. The van der Waals surface area contributed by atoms with Crippen molar-refractivity contribution >= 4 is 52.4 Å². The summed E-state index contributed by atoms with van der Waals surface area (Å²) in [6, 6.07) is 27.2. The lowest BCUT2D eigenvalue weighted by atomic mass is 9.95. The molecule has 10 heteroatoms. The molecule has 5 aromatic rings. The summed E-state index contributed by atoms with van der Waals surface area (Å²) in [6.45, 7) is 4.25. The second kappa shape index (κ2) is 12.5. The van der Waals surface area contributed by atoms with Crippen LogP contribution >= 0.6 is 34.7 Å². The number of carbonyl (C=O) groups is 1. The quantitative estimate of drug-likeness (QED) is 0.208. The number of carbonyl (C=O) groups excluding carboxylic acids is 1. The third-order valence-corrected chi connectivity index (χ3v) is 8.88. The molecule has 3 heterocycles. The van der Waals surface area contributed by atoms with E-state index in [0.717, 1.165) is 10.5 Å². The molecule has 0 saturated heterocycles. The molecular formula is C33H26ClN3O4S2. The van der Waals surface area contributed by atoms with Crippen molar-refractivity contribution in [2.45, 2.75) is 29.9 Å². The highest BCUT2D eigenvalue weighted by molar-refractivity contribution is 7.99. The molecule has 1 atom stereocenters. The van der Waals surface area contributed by atoms with Crippen LogP contribution in [0.2, 0.25) is 5.02 Å². The molecule has 0 bridgehead atoms. The SMILES string of the molecule is CCOc1ccc([C@@H]2C(C(=O)Nc3ccccc3)=C(C)N=c3s/c(=C/c4ccc(Sc5ccc(Cl)cc5)o4)c(=O)n32)cc1. The molecule has 0 saturated carbocycles. The molecule has 1 amide bonds. The standard InChI is InChI=1S/C33H26ClN3O4S2/c1-3-40-24-13-9-21(10-14-24)30-29(31(38)36-23-7-5-4-6-8-23)20(2)35-33-37(30)32(39)27(43-33)19-25-15-18-28(41-25)42-26-16-11-22(34)12-17-26/h4-19,30H,3H2,1-2H3,(H,36,38)/b27-19+/t30-/m1/s1. The van der Waals surface area contributed by atoms with Gasteiger partial charge in [-0.1, -0.05) is 65.0 Å². The number of benzene rings is 3. The summed E-state index contributed by atoms with van der Waals surface area (Å²) in [7, 11) is 0. The van der Waals surface area contributed by atoms with E-state index in [1.165, 1.54) is 23.1 Å². The number of para-hydroxylation sites is 1. The summed E-state index contributed by atoms with van der Waals surface area (Å²) in [6.07, 6.45) is 1.72. The highest BCUT2D eigenvalue weighted by atomic mass is 35.5. The minimum absolute atomic E-state index is 0.261. The van der Waals surface area contributed by atoms with Gasteiger partial charge >= 0.3 is 0 Å². The first-order valence-corrected chi connectivity index (χ1v) is 15.6. The molecule has 1 aliphatic heterocycles. The van der Waals surface area contributed by atoms with Gasteiger partial charge in [-0.15, -0.1) is 0 Å². The number of fused-ring (bicyclic) bond motifs is 1. The molecule has 1 aliphatic rings. The Bertz CT molecular complexity index is 1990. The lowest BCUT2D eigenvalue weighted by Gasteiger charge is -2.25. The number of aromatic nitrogens is 1. The van der Waals surface area contributed by atoms with E-state index in [1.54, 1.807) is 17.6 Å². The van der Waals surface area contributed by atoms with Gasteiger partial charge in [-0.3, -0.25) is 14.2 Å².